The molecule has 5 rings (SSSR count). The quantitative estimate of drug-likeness (QED) is 0.396. The first-order chi connectivity index (χ1) is 15.6. The monoisotopic (exact) mass is 440 g/mol. The minimum absolute atomic E-state index is 0.0538. The third-order valence-electron chi connectivity index (χ3n) is 5.96. The van der Waals surface area contributed by atoms with Crippen LogP contribution in [0.1, 0.15) is 33.8 Å². The Morgan fingerprint density at radius 1 is 0.938 bits per heavy atom. The zero-order valence-electron chi connectivity index (χ0n) is 17.3. The molecule has 0 aliphatic heterocycles. The van der Waals surface area contributed by atoms with E-state index in [2.05, 4.69) is 34.6 Å². The third-order valence-corrected chi connectivity index (χ3v) is 6.30. The van der Waals surface area contributed by atoms with Crippen LogP contribution in [0.5, 0.6) is 0 Å². The topological polar surface area (TPSA) is 59.1 Å². The van der Waals surface area contributed by atoms with Crippen molar-refractivity contribution in [1.82, 2.24) is 4.98 Å². The molecule has 0 saturated heterocycles. The number of nitrogens with one attached hydrogen (secondary N) is 1. The van der Waals surface area contributed by atoms with E-state index in [0.29, 0.717) is 22.8 Å². The molecule has 1 N–H and O–H groups in total. The van der Waals surface area contributed by atoms with Crippen molar-refractivity contribution >= 4 is 39.9 Å². The van der Waals surface area contributed by atoms with Crippen molar-refractivity contribution in [2.45, 2.75) is 18.8 Å². The molecule has 1 amide bonds. The van der Waals surface area contributed by atoms with Crippen LogP contribution < -0.4 is 5.32 Å². The van der Waals surface area contributed by atoms with Crippen LogP contribution in [0.25, 0.3) is 10.8 Å². The maximum atomic E-state index is 12.9. The average Bonchev–Trinajstić information content (AvgIpc) is 3.61. The number of carbonyl (C=O) groups is 2. The molecule has 0 bridgehead atoms. The summed E-state index contributed by atoms with van der Waals surface area (Å²) < 4.78 is 0. The van der Waals surface area contributed by atoms with Gasteiger partial charge in [-0.3, -0.25) is 9.59 Å². The van der Waals surface area contributed by atoms with E-state index in [0.717, 1.165) is 22.9 Å². The summed E-state index contributed by atoms with van der Waals surface area (Å²) in [5.41, 5.74) is 2.38. The molecule has 0 radical (unpaired) electrons. The van der Waals surface area contributed by atoms with Crippen LogP contribution in [0.15, 0.2) is 85.1 Å². The number of anilines is 1. The van der Waals surface area contributed by atoms with Gasteiger partial charge in [0.25, 0.3) is 5.91 Å². The second-order valence-electron chi connectivity index (χ2n) is 8.18. The fourth-order valence-electron chi connectivity index (χ4n) is 4.17. The van der Waals surface area contributed by atoms with E-state index in [9.17, 15) is 9.59 Å². The number of hydrogen-bond donors (Lipinski definition) is 1. The number of nitrogens with zero attached hydrogens (tertiary/aromatic N) is 1. The molecular formula is C27H21ClN2O2. The largest absolute Gasteiger partial charge is 0.307 e. The highest BCUT2D eigenvalue weighted by molar-refractivity contribution is 6.31. The fraction of sp³-hybridized carbons (Fsp3) is 0.148. The Morgan fingerprint density at radius 2 is 1.75 bits per heavy atom. The fourth-order valence-corrected chi connectivity index (χ4v) is 4.43. The Kier molecular flexibility index (Phi) is 5.46. The van der Waals surface area contributed by atoms with Crippen LogP contribution in [-0.2, 0) is 11.2 Å². The van der Waals surface area contributed by atoms with Crippen molar-refractivity contribution in [1.29, 1.82) is 0 Å². The van der Waals surface area contributed by atoms with Gasteiger partial charge in [0.1, 0.15) is 11.6 Å². The molecule has 5 heteroatoms. The summed E-state index contributed by atoms with van der Waals surface area (Å²) in [6.07, 6.45) is 2.79. The molecule has 0 spiro atoms. The lowest BCUT2D eigenvalue weighted by molar-refractivity contribution is -0.119. The first kappa shape index (κ1) is 20.4. The summed E-state index contributed by atoms with van der Waals surface area (Å²) in [7, 11) is 0. The second-order valence-corrected chi connectivity index (χ2v) is 8.59. The zero-order valence-corrected chi connectivity index (χ0v) is 18.0. The standard InChI is InChI=1S/C27H21ClN2O2/c28-24-11-10-20(27(32)30-26-7-3-4-12-29-26)15-22(24)21-16-23(21)25(31)14-17-8-9-18-5-1-2-6-19(18)13-17/h1-13,15,21,23H,14,16H2,(H,29,30,32). The number of aromatic nitrogens is 1. The summed E-state index contributed by atoms with van der Waals surface area (Å²) >= 11 is 6.44. The molecule has 1 saturated carbocycles. The van der Waals surface area contributed by atoms with E-state index < -0.39 is 0 Å². The number of amides is 1. The third kappa shape index (κ3) is 4.27. The van der Waals surface area contributed by atoms with Crippen molar-refractivity contribution in [3.05, 3.63) is 107 Å². The molecule has 158 valence electrons. The predicted octanol–water partition coefficient (Wildman–Crippen LogP) is 6.06. The molecule has 3 aromatic carbocycles. The maximum Gasteiger partial charge on any atom is 0.256 e. The molecular weight excluding hydrogens is 420 g/mol. The van der Waals surface area contributed by atoms with Crippen LogP contribution in [0, 0.1) is 5.92 Å². The average molecular weight is 441 g/mol. The number of carbonyl (C=O) groups excluding carboxylic acids is 2. The summed E-state index contributed by atoms with van der Waals surface area (Å²) in [6.45, 7) is 0. The number of Topliss-reactive ketones (excluding diaryl/α,β-unsaturated/α-hetero) is 1. The Bertz CT molecular complexity index is 1320. The first-order valence-electron chi connectivity index (χ1n) is 10.6. The molecule has 2 atom stereocenters. The minimum Gasteiger partial charge on any atom is -0.307 e. The van der Waals surface area contributed by atoms with Gasteiger partial charge in [-0.2, -0.15) is 0 Å². The number of ketones is 1. The van der Waals surface area contributed by atoms with Crippen molar-refractivity contribution in [2.24, 2.45) is 5.92 Å². The molecule has 4 nitrogen and oxygen atoms in total. The van der Waals surface area contributed by atoms with E-state index in [-0.39, 0.29) is 23.5 Å². The van der Waals surface area contributed by atoms with Gasteiger partial charge in [0.2, 0.25) is 0 Å². The molecule has 4 aromatic rings. The number of hydrogen-bond acceptors (Lipinski definition) is 3. The van der Waals surface area contributed by atoms with Gasteiger partial charge in [0.05, 0.1) is 0 Å². The zero-order chi connectivity index (χ0) is 22.1. The highest BCUT2D eigenvalue weighted by atomic mass is 35.5. The predicted molar refractivity (Wildman–Crippen MR) is 127 cm³/mol. The van der Waals surface area contributed by atoms with Crippen molar-refractivity contribution in [2.75, 3.05) is 5.32 Å². The van der Waals surface area contributed by atoms with Gasteiger partial charge < -0.3 is 5.32 Å². The van der Waals surface area contributed by atoms with Crippen LogP contribution in [-0.4, -0.2) is 16.7 Å². The maximum absolute atomic E-state index is 12.9. The minimum atomic E-state index is -0.249. The number of benzene rings is 3. The van der Waals surface area contributed by atoms with E-state index in [1.165, 1.54) is 5.39 Å². The number of fused-ring (bicyclic) bond motifs is 1. The van der Waals surface area contributed by atoms with E-state index in [4.69, 9.17) is 11.6 Å². The highest BCUT2D eigenvalue weighted by Gasteiger charge is 2.44. The van der Waals surface area contributed by atoms with Gasteiger partial charge in [0, 0.05) is 29.1 Å². The van der Waals surface area contributed by atoms with Crippen molar-refractivity contribution in [3.8, 4) is 0 Å². The van der Waals surface area contributed by atoms with Crippen LogP contribution in [0.2, 0.25) is 5.02 Å². The van der Waals surface area contributed by atoms with Crippen LogP contribution in [0.3, 0.4) is 0 Å². The number of pyridine rings is 1. The lowest BCUT2D eigenvalue weighted by atomic mass is 9.99. The smallest absolute Gasteiger partial charge is 0.256 e. The van der Waals surface area contributed by atoms with Gasteiger partial charge in [-0.25, -0.2) is 4.98 Å². The molecule has 2 unspecified atom stereocenters. The van der Waals surface area contributed by atoms with Crippen LogP contribution in [0.4, 0.5) is 5.82 Å². The van der Waals surface area contributed by atoms with Crippen LogP contribution >= 0.6 is 11.6 Å². The van der Waals surface area contributed by atoms with Gasteiger partial charge in [-0.05, 0) is 64.6 Å². The molecule has 1 fully saturated rings. The second kappa shape index (κ2) is 8.56. The van der Waals surface area contributed by atoms with E-state index in [1.54, 1.807) is 36.5 Å². The molecule has 1 heterocycles. The van der Waals surface area contributed by atoms with Crippen molar-refractivity contribution < 1.29 is 9.59 Å². The van der Waals surface area contributed by atoms with Gasteiger partial charge in [-0.15, -0.1) is 0 Å². The molecule has 32 heavy (non-hydrogen) atoms. The SMILES string of the molecule is O=C(Nc1ccccn1)c1ccc(Cl)c(C2CC2C(=O)Cc2ccc3ccccc3c2)c1. The Hall–Kier alpha value is -3.50. The number of rotatable bonds is 6. The molecule has 1 aliphatic rings. The van der Waals surface area contributed by atoms with E-state index in [1.807, 2.05) is 24.3 Å². The molecule has 1 aliphatic carbocycles. The lowest BCUT2D eigenvalue weighted by Gasteiger charge is -2.09. The number of halogens is 1. The summed E-state index contributed by atoms with van der Waals surface area (Å²) in [6, 6.07) is 24.9. The lowest BCUT2D eigenvalue weighted by Crippen LogP contribution is -2.13. The normalized spacial score (nSPS) is 17.2. The van der Waals surface area contributed by atoms with Gasteiger partial charge >= 0.3 is 0 Å². The first-order valence-corrected chi connectivity index (χ1v) is 11.0. The Morgan fingerprint density at radius 3 is 2.56 bits per heavy atom. The van der Waals surface area contributed by atoms with Gasteiger partial charge in [0.15, 0.2) is 0 Å². The highest BCUT2D eigenvalue weighted by Crippen LogP contribution is 2.50. The van der Waals surface area contributed by atoms with Crippen molar-refractivity contribution in [3.63, 3.8) is 0 Å². The summed E-state index contributed by atoms with van der Waals surface area (Å²) in [4.78, 5) is 29.7. The van der Waals surface area contributed by atoms with E-state index >= 15 is 0 Å². The Balaban J connectivity index is 1.29. The summed E-state index contributed by atoms with van der Waals surface area (Å²) in [5, 5.41) is 5.68. The summed E-state index contributed by atoms with van der Waals surface area (Å²) in [5.74, 6) is 0.445. The molecule has 1 aromatic heterocycles. The Labute approximate surface area is 191 Å². The van der Waals surface area contributed by atoms with Gasteiger partial charge in [-0.1, -0.05) is 60.1 Å².